The van der Waals surface area contributed by atoms with Crippen LogP contribution in [-0.4, -0.2) is 5.84 Å². The third-order valence-electron chi connectivity index (χ3n) is 11.0. The second-order valence-corrected chi connectivity index (χ2v) is 15.2. The molecule has 3 nitrogen and oxygen atoms in total. The summed E-state index contributed by atoms with van der Waals surface area (Å²) < 4.78 is 8.89. The number of hydrogen-bond acceptors (Lipinski definition) is 3. The van der Waals surface area contributed by atoms with Crippen molar-refractivity contribution in [1.82, 2.24) is 0 Å². The first-order chi connectivity index (χ1) is 26.1. The van der Waals surface area contributed by atoms with Crippen molar-refractivity contribution in [3.05, 3.63) is 186 Å². The number of benzene rings is 7. The minimum atomic E-state index is 0.442. The standard InChI is InChI=1S/C49H36N2OS/c1-30(51-49(50)34-22-25-42-41-15-7-8-20-46(41)53-47(42)29-34)35-16-10-19-45-48(35)43-28-33(23-26-44(43)52-45)37-17-9-18-39-38-14-6-5-13-36(38)32(21-24-40(37)39)27-31-11-3-2-4-12-31/h2-20,22-23,25-26,28-29,32H,1,21,24,27H2,(H2,50,51). The predicted molar refractivity (Wildman–Crippen MR) is 225 cm³/mol. The fourth-order valence-electron chi connectivity index (χ4n) is 8.45. The molecule has 53 heavy (non-hydrogen) atoms. The molecule has 0 fully saturated rings. The summed E-state index contributed by atoms with van der Waals surface area (Å²) in [6, 6.07) is 54.2. The molecule has 2 heterocycles. The maximum atomic E-state index is 6.69. The fraction of sp³-hybridized carbons (Fsp3) is 0.0816. The number of aliphatic imine (C=N–C) groups is 1. The Hall–Kier alpha value is -6.23. The Morgan fingerprint density at radius 1 is 0.679 bits per heavy atom. The third kappa shape index (κ3) is 5.46. The Bertz CT molecular complexity index is 2910. The van der Waals surface area contributed by atoms with Crippen molar-refractivity contribution in [3.8, 4) is 22.3 Å². The highest BCUT2D eigenvalue weighted by Crippen LogP contribution is 2.44. The quantitative estimate of drug-likeness (QED) is 0.139. The maximum absolute atomic E-state index is 6.69. The molecule has 0 spiro atoms. The van der Waals surface area contributed by atoms with Gasteiger partial charge in [0.1, 0.15) is 17.0 Å². The molecule has 7 aromatic carbocycles. The zero-order chi connectivity index (χ0) is 35.5. The molecule has 9 aromatic rings. The smallest absolute Gasteiger partial charge is 0.136 e. The summed E-state index contributed by atoms with van der Waals surface area (Å²) in [5, 5.41) is 4.54. The Balaban J connectivity index is 1.03. The van der Waals surface area contributed by atoms with Crippen LogP contribution in [0.2, 0.25) is 0 Å². The van der Waals surface area contributed by atoms with Gasteiger partial charge in [-0.15, -0.1) is 11.3 Å². The van der Waals surface area contributed by atoms with Gasteiger partial charge in [0.15, 0.2) is 0 Å². The Labute approximate surface area is 312 Å². The summed E-state index contributed by atoms with van der Waals surface area (Å²) in [6.45, 7) is 4.42. The van der Waals surface area contributed by atoms with E-state index in [1.807, 2.05) is 12.1 Å². The SMILES string of the molecule is C=C(/N=C(\N)c1ccc2c(c1)sc1ccccc12)c1cccc2oc3ccc(-c4cccc5c4CCC(Cc4ccccc4)c4ccccc4-5)cc3c12. The van der Waals surface area contributed by atoms with Crippen molar-refractivity contribution >= 4 is 65.0 Å². The first-order valence-electron chi connectivity index (χ1n) is 18.2. The largest absolute Gasteiger partial charge is 0.456 e. The topological polar surface area (TPSA) is 51.5 Å². The molecule has 1 atom stereocenters. The zero-order valence-electron chi connectivity index (χ0n) is 29.2. The van der Waals surface area contributed by atoms with Crippen LogP contribution in [0.5, 0.6) is 0 Å². The normalized spacial score (nSPS) is 14.4. The zero-order valence-corrected chi connectivity index (χ0v) is 30.0. The lowest BCUT2D eigenvalue weighted by atomic mass is 9.86. The highest BCUT2D eigenvalue weighted by Gasteiger charge is 2.25. The summed E-state index contributed by atoms with van der Waals surface area (Å²) in [4.78, 5) is 4.88. The molecule has 0 saturated carbocycles. The van der Waals surface area contributed by atoms with E-state index in [1.165, 1.54) is 59.1 Å². The van der Waals surface area contributed by atoms with Crippen LogP contribution in [0.1, 0.15) is 40.2 Å². The maximum Gasteiger partial charge on any atom is 0.136 e. The number of amidine groups is 1. The third-order valence-corrected chi connectivity index (χ3v) is 12.1. The highest BCUT2D eigenvalue weighted by atomic mass is 32.1. The van der Waals surface area contributed by atoms with Gasteiger partial charge in [0, 0.05) is 42.1 Å². The molecule has 0 amide bonds. The second-order valence-electron chi connectivity index (χ2n) is 14.1. The van der Waals surface area contributed by atoms with Crippen LogP contribution >= 0.6 is 11.3 Å². The van der Waals surface area contributed by atoms with Gasteiger partial charge in [-0.25, -0.2) is 4.99 Å². The molecule has 0 radical (unpaired) electrons. The summed E-state index contributed by atoms with van der Waals surface area (Å²) in [5.41, 5.74) is 20.1. The van der Waals surface area contributed by atoms with Gasteiger partial charge in [0.2, 0.25) is 0 Å². The van der Waals surface area contributed by atoms with E-state index in [0.717, 1.165) is 52.3 Å². The number of fused-ring (bicyclic) bond motifs is 9. The molecule has 0 saturated heterocycles. The van der Waals surface area contributed by atoms with E-state index in [1.54, 1.807) is 11.3 Å². The summed E-state index contributed by atoms with van der Waals surface area (Å²) in [5.74, 6) is 0.889. The van der Waals surface area contributed by atoms with E-state index in [-0.39, 0.29) is 0 Å². The molecule has 254 valence electrons. The monoisotopic (exact) mass is 700 g/mol. The minimum absolute atomic E-state index is 0.442. The van der Waals surface area contributed by atoms with Gasteiger partial charge >= 0.3 is 0 Å². The van der Waals surface area contributed by atoms with Gasteiger partial charge in [0.25, 0.3) is 0 Å². The van der Waals surface area contributed by atoms with Crippen molar-refractivity contribution < 1.29 is 4.42 Å². The Morgan fingerprint density at radius 2 is 1.45 bits per heavy atom. The Kier molecular flexibility index (Phi) is 7.59. The van der Waals surface area contributed by atoms with Gasteiger partial charge in [0.05, 0.1) is 5.70 Å². The lowest BCUT2D eigenvalue weighted by molar-refractivity contribution is 0.629. The average Bonchev–Trinajstić information content (AvgIpc) is 3.72. The Morgan fingerprint density at radius 3 is 2.38 bits per heavy atom. The van der Waals surface area contributed by atoms with Crippen LogP contribution in [0, 0.1) is 0 Å². The van der Waals surface area contributed by atoms with Gasteiger partial charge in [-0.05, 0) is 94.5 Å². The van der Waals surface area contributed by atoms with Gasteiger partial charge in [-0.2, -0.15) is 0 Å². The van der Waals surface area contributed by atoms with E-state index >= 15 is 0 Å². The van der Waals surface area contributed by atoms with E-state index in [4.69, 9.17) is 15.1 Å². The summed E-state index contributed by atoms with van der Waals surface area (Å²) >= 11 is 1.77. The minimum Gasteiger partial charge on any atom is -0.456 e. The molecule has 0 aliphatic heterocycles. The van der Waals surface area contributed by atoms with Crippen LogP contribution in [0.4, 0.5) is 0 Å². The van der Waals surface area contributed by atoms with Crippen molar-refractivity contribution in [2.45, 2.75) is 25.2 Å². The lowest BCUT2D eigenvalue weighted by Crippen LogP contribution is -2.13. The van der Waals surface area contributed by atoms with Crippen LogP contribution in [-0.2, 0) is 12.8 Å². The molecular formula is C49H36N2OS. The van der Waals surface area contributed by atoms with Crippen LogP contribution in [0.25, 0.3) is 70.1 Å². The first kappa shape index (κ1) is 31.5. The number of hydrogen-bond donors (Lipinski definition) is 1. The van der Waals surface area contributed by atoms with Crippen molar-refractivity contribution in [2.24, 2.45) is 10.7 Å². The van der Waals surface area contributed by atoms with Crippen molar-refractivity contribution in [1.29, 1.82) is 0 Å². The molecular weight excluding hydrogens is 665 g/mol. The van der Waals surface area contributed by atoms with Gasteiger partial charge in [-0.1, -0.05) is 128 Å². The highest BCUT2D eigenvalue weighted by molar-refractivity contribution is 7.25. The molecule has 10 rings (SSSR count). The summed E-state index contributed by atoms with van der Waals surface area (Å²) in [7, 11) is 0. The second kappa shape index (κ2) is 12.8. The fourth-order valence-corrected chi connectivity index (χ4v) is 9.60. The number of nitrogens with zero attached hydrogens (tertiary/aromatic N) is 1. The number of nitrogens with two attached hydrogens (primary N) is 1. The number of furan rings is 1. The average molecular weight is 701 g/mol. The molecule has 2 aromatic heterocycles. The van der Waals surface area contributed by atoms with Gasteiger partial charge in [-0.3, -0.25) is 0 Å². The molecule has 2 N–H and O–H groups in total. The predicted octanol–water partition coefficient (Wildman–Crippen LogP) is 12.9. The van der Waals surface area contributed by atoms with Crippen LogP contribution in [0.3, 0.4) is 0 Å². The lowest BCUT2D eigenvalue weighted by Gasteiger charge is -2.18. The summed E-state index contributed by atoms with van der Waals surface area (Å²) in [6.07, 6.45) is 3.13. The van der Waals surface area contributed by atoms with E-state index < -0.39 is 0 Å². The number of rotatable bonds is 6. The molecule has 4 heteroatoms. The van der Waals surface area contributed by atoms with E-state index in [9.17, 15) is 0 Å². The van der Waals surface area contributed by atoms with Crippen molar-refractivity contribution in [2.75, 3.05) is 0 Å². The molecule has 1 unspecified atom stereocenters. The first-order valence-corrected chi connectivity index (χ1v) is 19.1. The van der Waals surface area contributed by atoms with E-state index in [0.29, 0.717) is 17.5 Å². The number of thiophene rings is 1. The molecule has 1 aliphatic carbocycles. The van der Waals surface area contributed by atoms with Crippen LogP contribution < -0.4 is 5.73 Å². The van der Waals surface area contributed by atoms with Crippen molar-refractivity contribution in [3.63, 3.8) is 0 Å². The van der Waals surface area contributed by atoms with E-state index in [2.05, 4.69) is 146 Å². The molecule has 0 bridgehead atoms. The van der Waals surface area contributed by atoms with Gasteiger partial charge < -0.3 is 10.2 Å². The molecule has 1 aliphatic rings. The van der Waals surface area contributed by atoms with Crippen LogP contribution in [0.15, 0.2) is 168 Å².